The number of aromatic nitrogens is 1. The van der Waals surface area contributed by atoms with Crippen molar-refractivity contribution >= 4 is 46.0 Å². The summed E-state index contributed by atoms with van der Waals surface area (Å²) < 4.78 is 55.1. The molecule has 0 bridgehead atoms. The number of aryl methyl sites for hydroxylation is 1. The average molecular weight is 707 g/mol. The number of thiocarbonyl (C=S) groups is 1. The van der Waals surface area contributed by atoms with E-state index in [1.165, 1.54) is 36.8 Å². The number of hydrogen-bond acceptors (Lipinski definition) is 4. The van der Waals surface area contributed by atoms with Crippen molar-refractivity contribution in [1.82, 2.24) is 26.3 Å². The Kier molecular flexibility index (Phi) is 13.6. The van der Waals surface area contributed by atoms with Crippen molar-refractivity contribution in [2.75, 3.05) is 6.54 Å². The second-order valence-corrected chi connectivity index (χ2v) is 13.3. The van der Waals surface area contributed by atoms with Crippen LogP contribution in [0.2, 0.25) is 0 Å². The Morgan fingerprint density at radius 2 is 1.69 bits per heavy atom. The molecule has 4 rings (SSSR count). The number of benzene rings is 2. The number of hydrogen-bond donors (Lipinski definition) is 6. The number of aromatic amines is 1. The number of H-pyrrole nitrogens is 1. The first kappa shape index (κ1) is 39.2. The quantitative estimate of drug-likeness (QED) is 0.107. The lowest BCUT2D eigenvalue weighted by molar-refractivity contribution is -0.136. The van der Waals surface area contributed by atoms with E-state index in [2.05, 4.69) is 47.0 Å². The van der Waals surface area contributed by atoms with Gasteiger partial charge in [-0.3, -0.25) is 9.59 Å². The lowest BCUT2D eigenvalue weighted by Gasteiger charge is -2.38. The minimum absolute atomic E-state index is 0.0514. The fourth-order valence-electron chi connectivity index (χ4n) is 5.42. The summed E-state index contributed by atoms with van der Waals surface area (Å²) in [5.74, 6) is -1.06. The summed E-state index contributed by atoms with van der Waals surface area (Å²) in [5, 5.41) is 10.7. The van der Waals surface area contributed by atoms with Gasteiger partial charge in [-0.1, -0.05) is 90.0 Å². The summed E-state index contributed by atoms with van der Waals surface area (Å²) in [6, 6.07) is 8.27. The van der Waals surface area contributed by atoms with Crippen LogP contribution in [0.1, 0.15) is 76.3 Å². The van der Waals surface area contributed by atoms with Gasteiger partial charge >= 0.3 is 12.2 Å². The van der Waals surface area contributed by atoms with E-state index in [4.69, 9.17) is 18.0 Å². The molecule has 4 amide bonds. The van der Waals surface area contributed by atoms with Crippen molar-refractivity contribution in [3.8, 4) is 0 Å². The Morgan fingerprint density at radius 3 is 2.29 bits per heavy atom. The van der Waals surface area contributed by atoms with E-state index in [-0.39, 0.29) is 47.8 Å². The van der Waals surface area contributed by atoms with Crippen LogP contribution in [0.5, 0.6) is 0 Å². The van der Waals surface area contributed by atoms with Gasteiger partial charge in [0.15, 0.2) is 0 Å². The van der Waals surface area contributed by atoms with Gasteiger partial charge in [0.05, 0.1) is 28.7 Å². The highest BCUT2D eigenvalue weighted by Crippen LogP contribution is 2.40. The Labute approximate surface area is 289 Å². The third-order valence-electron chi connectivity index (χ3n) is 8.86. The maximum atomic E-state index is 13.9. The van der Waals surface area contributed by atoms with Crippen molar-refractivity contribution in [2.24, 2.45) is 17.6 Å². The normalized spacial score (nSPS) is 16.9. The predicted octanol–water partition coefficient (Wildman–Crippen LogP) is 6.04. The van der Waals surface area contributed by atoms with Crippen LogP contribution in [0.3, 0.4) is 0 Å². The molecule has 268 valence electrons. The summed E-state index contributed by atoms with van der Waals surface area (Å²) >= 11 is 5.19. The number of nitrogens with two attached hydrogens (primary N) is 1. The summed E-state index contributed by atoms with van der Waals surface area (Å²) in [6.07, 6.45) is -2.57. The molecule has 1 heterocycles. The highest BCUT2D eigenvalue weighted by Gasteiger charge is 2.45. The molecule has 0 spiro atoms. The first-order chi connectivity index (χ1) is 23.0. The highest BCUT2D eigenvalue weighted by molar-refractivity contribution is 7.80. The first-order valence-corrected chi connectivity index (χ1v) is 16.8. The summed E-state index contributed by atoms with van der Waals surface area (Å²) in [7, 11) is 0. The topological polar surface area (TPSA) is 141 Å². The molecule has 0 fully saturated rings. The summed E-state index contributed by atoms with van der Waals surface area (Å²) in [5.41, 5.74) is 4.67. The molecule has 7 N–H and O–H groups in total. The fraction of sp³-hybridized carbons (Fsp3) is 0.486. The molecular formula is C35H46F4N6O3S. The molecule has 9 nitrogen and oxygen atoms in total. The molecule has 49 heavy (non-hydrogen) atoms. The zero-order chi connectivity index (χ0) is 36.5. The van der Waals surface area contributed by atoms with E-state index in [1.54, 1.807) is 6.07 Å². The number of rotatable bonds is 11. The maximum absolute atomic E-state index is 13.9. The molecular weight excluding hydrogens is 660 g/mol. The van der Waals surface area contributed by atoms with E-state index in [9.17, 15) is 31.9 Å². The van der Waals surface area contributed by atoms with E-state index in [0.29, 0.717) is 23.1 Å². The van der Waals surface area contributed by atoms with Crippen LogP contribution in [-0.4, -0.2) is 45.9 Å². The molecule has 0 saturated heterocycles. The molecule has 3 aromatic rings. The number of carbonyl (C=O) groups excluding carboxylic acids is 3. The molecule has 1 aromatic heterocycles. The van der Waals surface area contributed by atoms with Gasteiger partial charge in [-0.2, -0.15) is 13.2 Å². The molecule has 0 saturated carbocycles. The second kappa shape index (κ2) is 17.0. The molecule has 1 aliphatic carbocycles. The molecule has 0 radical (unpaired) electrons. The molecule has 2 aromatic carbocycles. The first-order valence-electron chi connectivity index (χ1n) is 16.4. The zero-order valence-corrected chi connectivity index (χ0v) is 29.3. The number of halogens is 4. The predicted molar refractivity (Wildman–Crippen MR) is 186 cm³/mol. The minimum atomic E-state index is -4.60. The lowest BCUT2D eigenvalue weighted by Crippen LogP contribution is -2.65. The van der Waals surface area contributed by atoms with Crippen LogP contribution >= 0.6 is 12.2 Å². The van der Waals surface area contributed by atoms with E-state index < -0.39 is 53.5 Å². The molecule has 1 unspecified atom stereocenters. The van der Waals surface area contributed by atoms with Crippen molar-refractivity contribution in [1.29, 1.82) is 0 Å². The Bertz CT molecular complexity index is 1640. The second-order valence-electron chi connectivity index (χ2n) is 12.8. The molecule has 3 atom stereocenters. The van der Waals surface area contributed by atoms with Gasteiger partial charge < -0.3 is 32.0 Å². The van der Waals surface area contributed by atoms with Gasteiger partial charge in [0.2, 0.25) is 11.8 Å². The van der Waals surface area contributed by atoms with Crippen molar-refractivity contribution < 1.29 is 31.9 Å². The number of alkyl halides is 3. The van der Waals surface area contributed by atoms with Crippen LogP contribution in [0.25, 0.3) is 10.9 Å². The number of para-hydroxylation sites is 1. The van der Waals surface area contributed by atoms with Crippen molar-refractivity contribution in [3.05, 3.63) is 70.7 Å². The third kappa shape index (κ3) is 10.2. The Balaban J connectivity index is 0.00000121. The molecule has 14 heteroatoms. The molecule has 1 aliphatic rings. The average Bonchev–Trinajstić information content (AvgIpc) is 3.42. The Morgan fingerprint density at radius 1 is 1.02 bits per heavy atom. The Hall–Kier alpha value is -4.20. The van der Waals surface area contributed by atoms with Crippen LogP contribution in [0.4, 0.5) is 22.4 Å². The van der Waals surface area contributed by atoms with Crippen LogP contribution < -0.4 is 27.0 Å². The van der Waals surface area contributed by atoms with Gasteiger partial charge in [0, 0.05) is 29.6 Å². The van der Waals surface area contributed by atoms with Crippen LogP contribution in [0.15, 0.2) is 42.5 Å². The number of fused-ring (bicyclic) bond motifs is 3. The largest absolute Gasteiger partial charge is 0.418 e. The number of nitrogens with one attached hydrogen (secondary N) is 5. The fourth-order valence-corrected chi connectivity index (χ4v) is 5.72. The minimum Gasteiger partial charge on any atom is -0.392 e. The van der Waals surface area contributed by atoms with Gasteiger partial charge in [-0.05, 0) is 42.4 Å². The SMILES string of the molecule is CCC(C)C.CCC(C)[C@H](NC(=O)[C@@]1(NC(=O)CNC(=O)NCc2ccccc2F)CCc2[nH]c3c(C(F)(F)F)cccc3c2C1)C(N)=S. The monoisotopic (exact) mass is 706 g/mol. The van der Waals surface area contributed by atoms with Gasteiger partial charge in [-0.25, -0.2) is 9.18 Å². The van der Waals surface area contributed by atoms with Gasteiger partial charge in [0.1, 0.15) is 11.4 Å². The van der Waals surface area contributed by atoms with E-state index in [0.717, 1.165) is 12.0 Å². The summed E-state index contributed by atoms with van der Waals surface area (Å²) in [6.45, 7) is 9.76. The smallest absolute Gasteiger partial charge is 0.392 e. The van der Waals surface area contributed by atoms with E-state index in [1.807, 2.05) is 13.8 Å². The summed E-state index contributed by atoms with van der Waals surface area (Å²) in [4.78, 5) is 42.4. The number of urea groups is 1. The van der Waals surface area contributed by atoms with Gasteiger partial charge in [-0.15, -0.1) is 0 Å². The number of carbonyl (C=O) groups is 3. The highest BCUT2D eigenvalue weighted by atomic mass is 32.1. The maximum Gasteiger partial charge on any atom is 0.418 e. The van der Waals surface area contributed by atoms with Crippen molar-refractivity contribution in [3.63, 3.8) is 0 Å². The van der Waals surface area contributed by atoms with Crippen LogP contribution in [-0.2, 0) is 35.2 Å². The molecule has 0 aliphatic heterocycles. The standard InChI is InChI=1S/C30H34F4N6O3S.C5H12/c1-3-16(2)24(26(35)44)39-27(42)29(40-23(41)15-37-28(43)36-14-17-7-4-5-10-21(17)31)12-11-22-19(13-29)18-8-6-9-20(25(18)38-22)30(32,33)34;1-4-5(2)3/h4-10,16,24,38H,3,11-15H2,1-2H3,(H2,35,44)(H,39,42)(H,40,41)(H2,36,37,43);5H,4H2,1-3H3/t16?,24-,29+;/m0./s1. The van der Waals surface area contributed by atoms with Crippen LogP contribution in [0, 0.1) is 17.7 Å². The zero-order valence-electron chi connectivity index (χ0n) is 28.4. The lowest BCUT2D eigenvalue weighted by atomic mass is 9.78. The third-order valence-corrected chi connectivity index (χ3v) is 9.11. The van der Waals surface area contributed by atoms with Crippen molar-refractivity contribution in [2.45, 2.75) is 91.0 Å². The number of amides is 4. The van der Waals surface area contributed by atoms with Gasteiger partial charge in [0.25, 0.3) is 0 Å². The van der Waals surface area contributed by atoms with E-state index >= 15 is 0 Å².